The van der Waals surface area contributed by atoms with Gasteiger partial charge in [0.05, 0.1) is 18.6 Å². The molecule has 1 aromatic heterocycles. The Bertz CT molecular complexity index is 743. The summed E-state index contributed by atoms with van der Waals surface area (Å²) in [6.45, 7) is 5.01. The molecule has 1 heterocycles. The summed E-state index contributed by atoms with van der Waals surface area (Å²) in [7, 11) is 0. The van der Waals surface area contributed by atoms with Crippen LogP contribution in [0.25, 0.3) is 0 Å². The van der Waals surface area contributed by atoms with Gasteiger partial charge < -0.3 is 15.4 Å². The van der Waals surface area contributed by atoms with Gasteiger partial charge in [0.25, 0.3) is 5.56 Å². The summed E-state index contributed by atoms with van der Waals surface area (Å²) >= 11 is 0. The van der Waals surface area contributed by atoms with Gasteiger partial charge in [-0.05, 0) is 25.5 Å². The van der Waals surface area contributed by atoms with Crippen LogP contribution in [0.1, 0.15) is 19.5 Å². The molecule has 0 fully saturated rings. The minimum Gasteiger partial charge on any atom is -0.492 e. The average Bonchev–Trinajstić information content (AvgIpc) is 2.58. The number of carbonyl (C=O) groups excluding carboxylic acids is 1. The predicted molar refractivity (Wildman–Crippen MR) is 92.5 cm³/mol. The second-order valence-corrected chi connectivity index (χ2v) is 5.08. The number of hydrogen-bond donors (Lipinski definition) is 2. The molecule has 0 saturated heterocycles. The smallest absolute Gasteiger partial charge is 0.319 e. The highest BCUT2D eigenvalue weighted by Gasteiger charge is 2.07. The molecule has 0 atom stereocenters. The summed E-state index contributed by atoms with van der Waals surface area (Å²) < 4.78 is 6.92. The molecule has 0 spiro atoms. The van der Waals surface area contributed by atoms with E-state index in [1.807, 2.05) is 26.0 Å². The molecule has 0 aliphatic heterocycles. The van der Waals surface area contributed by atoms with Gasteiger partial charge >= 0.3 is 6.03 Å². The summed E-state index contributed by atoms with van der Waals surface area (Å²) in [5, 5.41) is 5.45. The third-order valence-corrected chi connectivity index (χ3v) is 3.37. The van der Waals surface area contributed by atoms with Crippen LogP contribution in [0.5, 0.6) is 5.75 Å². The van der Waals surface area contributed by atoms with Gasteiger partial charge in [0, 0.05) is 24.8 Å². The highest BCUT2D eigenvalue weighted by molar-refractivity contribution is 5.90. The standard InChI is InChI=1S/C17H22N4O3/c1-3-13-11-16(22)21(12-19-13)10-9-18-17(23)20-14-7-5-6-8-15(14)24-4-2/h5-8,11-12H,3-4,9-10H2,1-2H3,(H2,18,20,23). The average molecular weight is 330 g/mol. The van der Waals surface area contributed by atoms with E-state index in [9.17, 15) is 9.59 Å². The maximum atomic E-state index is 12.0. The van der Waals surface area contributed by atoms with Crippen molar-refractivity contribution < 1.29 is 9.53 Å². The van der Waals surface area contributed by atoms with Crippen molar-refractivity contribution >= 4 is 11.7 Å². The number of aryl methyl sites for hydroxylation is 1. The lowest BCUT2D eigenvalue weighted by molar-refractivity contribution is 0.251. The molecule has 0 radical (unpaired) electrons. The molecule has 2 N–H and O–H groups in total. The summed E-state index contributed by atoms with van der Waals surface area (Å²) in [6.07, 6.45) is 2.22. The van der Waals surface area contributed by atoms with Crippen LogP contribution < -0.4 is 20.9 Å². The quantitative estimate of drug-likeness (QED) is 0.813. The zero-order valence-corrected chi connectivity index (χ0v) is 13.9. The normalized spacial score (nSPS) is 10.2. The van der Waals surface area contributed by atoms with Crippen LogP contribution in [0.3, 0.4) is 0 Å². The number of ether oxygens (including phenoxy) is 1. The minimum atomic E-state index is -0.353. The molecule has 24 heavy (non-hydrogen) atoms. The van der Waals surface area contributed by atoms with Crippen LogP contribution in [-0.4, -0.2) is 28.7 Å². The van der Waals surface area contributed by atoms with Gasteiger partial charge in [-0.2, -0.15) is 0 Å². The highest BCUT2D eigenvalue weighted by atomic mass is 16.5. The first kappa shape index (κ1) is 17.5. The fourth-order valence-corrected chi connectivity index (χ4v) is 2.13. The van der Waals surface area contributed by atoms with Crippen LogP contribution in [0.4, 0.5) is 10.5 Å². The Balaban J connectivity index is 1.87. The van der Waals surface area contributed by atoms with Crippen molar-refractivity contribution in [3.05, 3.63) is 52.7 Å². The number of urea groups is 1. The Morgan fingerprint density at radius 1 is 1.29 bits per heavy atom. The van der Waals surface area contributed by atoms with E-state index in [2.05, 4.69) is 15.6 Å². The molecule has 0 bridgehead atoms. The molecule has 1 aromatic carbocycles. The first-order valence-corrected chi connectivity index (χ1v) is 7.96. The van der Waals surface area contributed by atoms with Gasteiger partial charge in [0.1, 0.15) is 5.75 Å². The monoisotopic (exact) mass is 330 g/mol. The van der Waals surface area contributed by atoms with E-state index in [4.69, 9.17) is 4.74 Å². The van der Waals surface area contributed by atoms with Crippen molar-refractivity contribution in [1.29, 1.82) is 0 Å². The Labute approximate surface area is 140 Å². The van der Waals surface area contributed by atoms with Gasteiger partial charge in [-0.3, -0.25) is 9.36 Å². The van der Waals surface area contributed by atoms with E-state index in [0.717, 1.165) is 12.1 Å². The van der Waals surface area contributed by atoms with Crippen molar-refractivity contribution in [2.75, 3.05) is 18.5 Å². The molecule has 0 aliphatic carbocycles. The molecule has 0 unspecified atom stereocenters. The largest absolute Gasteiger partial charge is 0.492 e. The number of amides is 2. The first-order chi connectivity index (χ1) is 11.6. The third-order valence-electron chi connectivity index (χ3n) is 3.37. The Kier molecular flexibility index (Phi) is 6.36. The van der Waals surface area contributed by atoms with E-state index in [1.165, 1.54) is 17.0 Å². The molecule has 0 saturated carbocycles. The number of aromatic nitrogens is 2. The summed E-state index contributed by atoms with van der Waals surface area (Å²) in [4.78, 5) is 28.0. The Hall–Kier alpha value is -2.83. The number of carbonyl (C=O) groups is 1. The topological polar surface area (TPSA) is 85.2 Å². The first-order valence-electron chi connectivity index (χ1n) is 7.96. The zero-order valence-electron chi connectivity index (χ0n) is 13.9. The number of benzene rings is 1. The summed E-state index contributed by atoms with van der Waals surface area (Å²) in [6, 6.07) is 8.38. The van der Waals surface area contributed by atoms with Crippen LogP contribution in [0.2, 0.25) is 0 Å². The third kappa shape index (κ3) is 4.84. The number of nitrogens with one attached hydrogen (secondary N) is 2. The molecule has 7 nitrogen and oxygen atoms in total. The lowest BCUT2D eigenvalue weighted by Gasteiger charge is -2.12. The number of para-hydroxylation sites is 2. The van der Waals surface area contributed by atoms with Crippen molar-refractivity contribution in [2.45, 2.75) is 26.8 Å². The lowest BCUT2D eigenvalue weighted by atomic mass is 10.3. The summed E-state index contributed by atoms with van der Waals surface area (Å²) in [5.74, 6) is 0.616. The van der Waals surface area contributed by atoms with Crippen LogP contribution in [-0.2, 0) is 13.0 Å². The maximum absolute atomic E-state index is 12.0. The van der Waals surface area contributed by atoms with Gasteiger partial charge in [0.2, 0.25) is 0 Å². The van der Waals surface area contributed by atoms with E-state index in [1.54, 1.807) is 12.1 Å². The molecule has 7 heteroatoms. The minimum absolute atomic E-state index is 0.120. The summed E-state index contributed by atoms with van der Waals surface area (Å²) in [5.41, 5.74) is 1.24. The molecule has 0 aliphatic rings. The van der Waals surface area contributed by atoms with Crippen molar-refractivity contribution in [3.63, 3.8) is 0 Å². The van der Waals surface area contributed by atoms with E-state index >= 15 is 0 Å². The second kappa shape index (κ2) is 8.71. The van der Waals surface area contributed by atoms with Crippen LogP contribution in [0.15, 0.2) is 41.5 Å². The fourth-order valence-electron chi connectivity index (χ4n) is 2.13. The molecule has 2 rings (SSSR count). The number of nitrogens with zero attached hydrogens (tertiary/aromatic N) is 2. The van der Waals surface area contributed by atoms with Crippen molar-refractivity contribution in [2.24, 2.45) is 0 Å². The van der Waals surface area contributed by atoms with E-state index in [-0.39, 0.29) is 11.6 Å². The predicted octanol–water partition coefficient (Wildman–Crippen LogP) is 2.03. The van der Waals surface area contributed by atoms with Crippen LogP contribution in [0, 0.1) is 0 Å². The molecule has 128 valence electrons. The van der Waals surface area contributed by atoms with Crippen LogP contribution >= 0.6 is 0 Å². The number of hydrogen-bond acceptors (Lipinski definition) is 4. The van der Waals surface area contributed by atoms with Gasteiger partial charge in [0.15, 0.2) is 0 Å². The molecular formula is C17H22N4O3. The number of rotatable bonds is 7. The van der Waals surface area contributed by atoms with Crippen molar-refractivity contribution in [1.82, 2.24) is 14.9 Å². The Morgan fingerprint density at radius 2 is 2.08 bits per heavy atom. The SMILES string of the molecule is CCOc1ccccc1NC(=O)NCCn1cnc(CC)cc1=O. The van der Waals surface area contributed by atoms with Gasteiger partial charge in [-0.1, -0.05) is 19.1 Å². The molecular weight excluding hydrogens is 308 g/mol. The zero-order chi connectivity index (χ0) is 17.4. The van der Waals surface area contributed by atoms with E-state index in [0.29, 0.717) is 31.1 Å². The second-order valence-electron chi connectivity index (χ2n) is 5.08. The van der Waals surface area contributed by atoms with Gasteiger partial charge in [-0.15, -0.1) is 0 Å². The number of anilines is 1. The lowest BCUT2D eigenvalue weighted by Crippen LogP contribution is -2.33. The van der Waals surface area contributed by atoms with Gasteiger partial charge in [-0.25, -0.2) is 9.78 Å². The van der Waals surface area contributed by atoms with Crippen molar-refractivity contribution in [3.8, 4) is 5.75 Å². The Morgan fingerprint density at radius 3 is 2.79 bits per heavy atom. The maximum Gasteiger partial charge on any atom is 0.319 e. The molecule has 2 aromatic rings. The van der Waals surface area contributed by atoms with E-state index < -0.39 is 0 Å². The fraction of sp³-hybridized carbons (Fsp3) is 0.353. The molecule has 2 amide bonds. The highest BCUT2D eigenvalue weighted by Crippen LogP contribution is 2.23.